The predicted molar refractivity (Wildman–Crippen MR) is 103 cm³/mol. The second-order valence-corrected chi connectivity index (χ2v) is 7.11. The fourth-order valence-electron chi connectivity index (χ4n) is 2.36. The number of carboxylic acids is 1. The normalized spacial score (nSPS) is 12.7. The van der Waals surface area contributed by atoms with E-state index in [4.69, 9.17) is 15.0 Å². The molecule has 1 atom stereocenters. The van der Waals surface area contributed by atoms with Gasteiger partial charge in [-0.25, -0.2) is 14.4 Å². The summed E-state index contributed by atoms with van der Waals surface area (Å²) in [6, 6.07) is 6.44. The number of carbonyl (C=O) groups excluding carboxylic acids is 2. The predicted octanol–water partition coefficient (Wildman–Crippen LogP) is 3.96. The number of hydrogen-bond donors (Lipinski definition) is 3. The van der Waals surface area contributed by atoms with Gasteiger partial charge in [-0.15, -0.1) is 0 Å². The van der Waals surface area contributed by atoms with Crippen molar-refractivity contribution in [3.63, 3.8) is 0 Å². The van der Waals surface area contributed by atoms with Crippen LogP contribution in [-0.2, 0) is 20.9 Å². The second kappa shape index (κ2) is 10.2. The summed E-state index contributed by atoms with van der Waals surface area (Å²) in [5.74, 6) is -1.48. The Morgan fingerprint density at radius 2 is 1.79 bits per heavy atom. The molecule has 2 amide bonds. The van der Waals surface area contributed by atoms with E-state index in [1.807, 2.05) is 0 Å². The Morgan fingerprint density at radius 1 is 1.17 bits per heavy atom. The third kappa shape index (κ3) is 7.59. The molecule has 1 aromatic carbocycles. The summed E-state index contributed by atoms with van der Waals surface area (Å²) in [7, 11) is 0. The minimum atomic E-state index is -2.11. The average Bonchev–Trinajstić information content (AvgIpc) is 2.59. The van der Waals surface area contributed by atoms with E-state index in [-0.39, 0.29) is 18.7 Å². The molecule has 0 bridgehead atoms. The average molecular weight is 407 g/mol. The number of aliphatic carboxylic acids is 1. The van der Waals surface area contributed by atoms with Gasteiger partial charge in [-0.1, -0.05) is 42.7 Å². The van der Waals surface area contributed by atoms with Gasteiger partial charge in [0.15, 0.2) is 0 Å². The lowest BCUT2D eigenvalue weighted by molar-refractivity contribution is -0.146. The molecule has 3 N–H and O–H groups in total. The third-order valence-corrected chi connectivity index (χ3v) is 3.52. The minimum absolute atomic E-state index is 0.105. The van der Waals surface area contributed by atoms with Gasteiger partial charge < -0.3 is 14.6 Å². The second-order valence-electron chi connectivity index (χ2n) is 7.11. The summed E-state index contributed by atoms with van der Waals surface area (Å²) in [4.78, 5) is 38.9. The standard InChI is InChI=1S/C18H25N5O6/c1-5-10-18(14(24)25,21-16(27)29-17(2,3)4)20-15(26)28-11-12-8-6-7-9-13(12)22-23-19/h6-9H,5,10-11H2,1-4H3,(H,20,26)(H,21,27)(H,24,25). The monoisotopic (exact) mass is 407 g/mol. The van der Waals surface area contributed by atoms with Crippen molar-refractivity contribution in [2.75, 3.05) is 0 Å². The molecule has 0 aliphatic carbocycles. The number of nitrogens with zero attached hydrogens (tertiary/aromatic N) is 3. The summed E-state index contributed by atoms with van der Waals surface area (Å²) in [6.45, 7) is 6.29. The van der Waals surface area contributed by atoms with Gasteiger partial charge in [-0.05, 0) is 31.9 Å². The Morgan fingerprint density at radius 3 is 2.34 bits per heavy atom. The number of alkyl carbamates (subject to hydrolysis) is 2. The number of azide groups is 1. The molecular weight excluding hydrogens is 382 g/mol. The van der Waals surface area contributed by atoms with Crippen LogP contribution >= 0.6 is 0 Å². The van der Waals surface area contributed by atoms with Crippen molar-refractivity contribution < 1.29 is 29.0 Å². The van der Waals surface area contributed by atoms with Crippen LogP contribution in [0, 0.1) is 0 Å². The van der Waals surface area contributed by atoms with E-state index in [0.29, 0.717) is 12.0 Å². The molecule has 0 spiro atoms. The van der Waals surface area contributed by atoms with Crippen LogP contribution in [0.2, 0.25) is 0 Å². The zero-order chi connectivity index (χ0) is 22.1. The lowest BCUT2D eigenvalue weighted by Crippen LogP contribution is -2.66. The van der Waals surface area contributed by atoms with Crippen molar-refractivity contribution >= 4 is 23.8 Å². The Kier molecular flexibility index (Phi) is 8.28. The summed E-state index contributed by atoms with van der Waals surface area (Å²) in [6.07, 6.45) is -1.84. The van der Waals surface area contributed by atoms with E-state index in [1.165, 1.54) is 0 Å². The lowest BCUT2D eigenvalue weighted by Gasteiger charge is -2.31. The Bertz CT molecular complexity index is 800. The summed E-state index contributed by atoms with van der Waals surface area (Å²) in [5.41, 5.74) is 6.31. The molecule has 1 aromatic rings. The molecule has 11 nitrogen and oxygen atoms in total. The molecule has 11 heteroatoms. The lowest BCUT2D eigenvalue weighted by atomic mass is 10.0. The SMILES string of the molecule is CCCC(NC(=O)OCc1ccccc1N=[N+]=[N-])(NC(=O)OC(C)(C)C)C(=O)O. The smallest absolute Gasteiger partial charge is 0.409 e. The van der Waals surface area contributed by atoms with Gasteiger partial charge >= 0.3 is 18.2 Å². The summed E-state index contributed by atoms with van der Waals surface area (Å²) in [5, 5.41) is 17.5. The van der Waals surface area contributed by atoms with E-state index < -0.39 is 29.4 Å². The van der Waals surface area contributed by atoms with Gasteiger partial charge in [0.05, 0.1) is 0 Å². The molecule has 0 heterocycles. The zero-order valence-electron chi connectivity index (χ0n) is 16.8. The highest BCUT2D eigenvalue weighted by atomic mass is 16.6. The molecule has 29 heavy (non-hydrogen) atoms. The molecule has 1 rings (SSSR count). The van der Waals surface area contributed by atoms with E-state index in [1.54, 1.807) is 52.0 Å². The molecule has 0 fully saturated rings. The van der Waals surface area contributed by atoms with Crippen LogP contribution < -0.4 is 10.6 Å². The first-order chi connectivity index (χ1) is 13.5. The molecule has 158 valence electrons. The first kappa shape index (κ1) is 23.6. The van der Waals surface area contributed by atoms with Gasteiger partial charge in [0.1, 0.15) is 12.2 Å². The maximum absolute atomic E-state index is 12.3. The van der Waals surface area contributed by atoms with Crippen LogP contribution in [0.15, 0.2) is 29.4 Å². The molecule has 0 saturated carbocycles. The maximum Gasteiger partial charge on any atom is 0.409 e. The number of carboxylic acid groups (broad SMARTS) is 1. The molecular formula is C18H25N5O6. The first-order valence-electron chi connectivity index (χ1n) is 8.85. The molecule has 0 radical (unpaired) electrons. The fourth-order valence-corrected chi connectivity index (χ4v) is 2.36. The van der Waals surface area contributed by atoms with Gasteiger partial charge in [-0.2, -0.15) is 0 Å². The van der Waals surface area contributed by atoms with E-state index in [9.17, 15) is 19.5 Å². The Balaban J connectivity index is 2.93. The largest absolute Gasteiger partial charge is 0.478 e. The quantitative estimate of drug-likeness (QED) is 0.255. The number of benzene rings is 1. The van der Waals surface area contributed by atoms with Crippen molar-refractivity contribution in [1.82, 2.24) is 10.6 Å². The summed E-state index contributed by atoms with van der Waals surface area (Å²) < 4.78 is 10.2. The number of hydrogen-bond acceptors (Lipinski definition) is 6. The minimum Gasteiger partial charge on any atom is -0.478 e. The van der Waals surface area contributed by atoms with Crippen molar-refractivity contribution in [2.45, 2.75) is 58.4 Å². The van der Waals surface area contributed by atoms with Crippen molar-refractivity contribution in [1.29, 1.82) is 0 Å². The van der Waals surface area contributed by atoms with Crippen LogP contribution in [0.3, 0.4) is 0 Å². The number of rotatable bonds is 8. The number of nitrogens with one attached hydrogen (secondary N) is 2. The van der Waals surface area contributed by atoms with Crippen molar-refractivity contribution in [3.05, 3.63) is 40.3 Å². The van der Waals surface area contributed by atoms with Gasteiger partial charge in [0.2, 0.25) is 5.66 Å². The Hall–Kier alpha value is -3.46. The van der Waals surface area contributed by atoms with Crippen LogP contribution in [0.4, 0.5) is 15.3 Å². The highest BCUT2D eigenvalue weighted by Crippen LogP contribution is 2.20. The number of carbonyl (C=O) groups is 3. The highest BCUT2D eigenvalue weighted by Gasteiger charge is 2.42. The van der Waals surface area contributed by atoms with Crippen molar-refractivity contribution in [3.8, 4) is 0 Å². The topological polar surface area (TPSA) is 163 Å². The van der Waals surface area contributed by atoms with Crippen LogP contribution in [0.1, 0.15) is 46.1 Å². The zero-order valence-corrected chi connectivity index (χ0v) is 16.8. The van der Waals surface area contributed by atoms with Crippen molar-refractivity contribution in [2.24, 2.45) is 5.11 Å². The van der Waals surface area contributed by atoms with Gasteiger partial charge in [0.25, 0.3) is 0 Å². The number of amides is 2. The van der Waals surface area contributed by atoms with E-state index in [0.717, 1.165) is 0 Å². The van der Waals surface area contributed by atoms with Crippen LogP contribution in [-0.4, -0.2) is 34.5 Å². The molecule has 0 aliphatic rings. The van der Waals surface area contributed by atoms with Gasteiger partial charge in [-0.3, -0.25) is 10.6 Å². The molecule has 0 saturated heterocycles. The number of ether oxygens (including phenoxy) is 2. The molecule has 0 aromatic heterocycles. The van der Waals surface area contributed by atoms with E-state index >= 15 is 0 Å². The first-order valence-corrected chi connectivity index (χ1v) is 8.85. The van der Waals surface area contributed by atoms with Gasteiger partial charge in [0, 0.05) is 17.0 Å². The summed E-state index contributed by atoms with van der Waals surface area (Å²) >= 11 is 0. The molecule has 0 aliphatic heterocycles. The van der Waals surface area contributed by atoms with Crippen LogP contribution in [0.5, 0.6) is 0 Å². The molecule has 1 unspecified atom stereocenters. The van der Waals surface area contributed by atoms with E-state index in [2.05, 4.69) is 20.7 Å². The highest BCUT2D eigenvalue weighted by molar-refractivity contribution is 5.88. The third-order valence-electron chi connectivity index (χ3n) is 3.52. The Labute approximate surface area is 168 Å². The van der Waals surface area contributed by atoms with Crippen LogP contribution in [0.25, 0.3) is 10.4 Å². The maximum atomic E-state index is 12.3. The fraction of sp³-hybridized carbons (Fsp3) is 0.500.